The van der Waals surface area contributed by atoms with Crippen molar-refractivity contribution in [1.82, 2.24) is 24.7 Å². The van der Waals surface area contributed by atoms with Crippen LogP contribution in [0.5, 0.6) is 0 Å². The summed E-state index contributed by atoms with van der Waals surface area (Å²) in [5.74, 6) is 0.720. The summed E-state index contributed by atoms with van der Waals surface area (Å²) in [6, 6.07) is 0.205. The number of carbonyl (C=O) groups is 1. The smallest absolute Gasteiger partial charge is 0.319 e. The minimum absolute atomic E-state index is 0.205. The molecule has 150 valence electrons. The molecule has 1 aromatic heterocycles. The van der Waals surface area contributed by atoms with Gasteiger partial charge in [0.05, 0.1) is 0 Å². The van der Waals surface area contributed by atoms with Crippen LogP contribution in [0.1, 0.15) is 44.5 Å². The van der Waals surface area contributed by atoms with E-state index in [1.165, 1.54) is 12.8 Å². The second-order valence-corrected chi connectivity index (χ2v) is 7.88. The van der Waals surface area contributed by atoms with Crippen molar-refractivity contribution in [3.05, 3.63) is 23.8 Å². The molecule has 2 saturated heterocycles. The van der Waals surface area contributed by atoms with Gasteiger partial charge in [0.1, 0.15) is 6.61 Å². The lowest BCUT2D eigenvalue weighted by atomic mass is 9.79. The van der Waals surface area contributed by atoms with Gasteiger partial charge < -0.3 is 14.5 Å². The molecule has 0 N–H and O–H groups in total. The Kier molecular flexibility index (Phi) is 6.65. The van der Waals surface area contributed by atoms with Crippen molar-refractivity contribution in [2.24, 2.45) is 5.41 Å². The van der Waals surface area contributed by atoms with Gasteiger partial charge >= 0.3 is 6.03 Å². The summed E-state index contributed by atoms with van der Waals surface area (Å²) in [6.07, 6.45) is 7.34. The van der Waals surface area contributed by atoms with E-state index < -0.39 is 0 Å². The van der Waals surface area contributed by atoms with Crippen molar-refractivity contribution in [2.45, 2.75) is 46.3 Å². The van der Waals surface area contributed by atoms with Crippen LogP contribution >= 0.6 is 0 Å². The van der Waals surface area contributed by atoms with E-state index in [2.05, 4.69) is 33.6 Å². The monoisotopic (exact) mass is 375 g/mol. The van der Waals surface area contributed by atoms with E-state index in [1.807, 2.05) is 17.3 Å². The van der Waals surface area contributed by atoms with Crippen LogP contribution in [0, 0.1) is 5.41 Å². The molecule has 2 amide bonds. The molecule has 1 atom stereocenters. The first-order valence-corrected chi connectivity index (χ1v) is 10.1. The molecular weight excluding hydrogens is 342 g/mol. The average molecular weight is 376 g/mol. The van der Waals surface area contributed by atoms with Crippen molar-refractivity contribution >= 4 is 6.03 Å². The molecule has 3 heterocycles. The molecule has 3 rings (SSSR count). The molecule has 2 fully saturated rings. The van der Waals surface area contributed by atoms with Gasteiger partial charge in [-0.15, -0.1) is 0 Å². The number of piperidine rings is 1. The molecule has 7 nitrogen and oxygen atoms in total. The van der Waals surface area contributed by atoms with E-state index in [0.29, 0.717) is 6.61 Å². The van der Waals surface area contributed by atoms with E-state index in [9.17, 15) is 4.79 Å². The zero-order valence-electron chi connectivity index (χ0n) is 17.0. The Morgan fingerprint density at radius 1 is 1.19 bits per heavy atom. The molecule has 2 aliphatic heterocycles. The van der Waals surface area contributed by atoms with Crippen LogP contribution in [0.3, 0.4) is 0 Å². The third-order valence-electron chi connectivity index (χ3n) is 5.92. The fourth-order valence-corrected chi connectivity index (χ4v) is 4.50. The fraction of sp³-hybridized carbons (Fsp3) is 0.750. The highest BCUT2D eigenvalue weighted by molar-refractivity contribution is 5.74. The molecule has 0 saturated carbocycles. The van der Waals surface area contributed by atoms with Crippen molar-refractivity contribution in [3.8, 4) is 0 Å². The van der Waals surface area contributed by atoms with Gasteiger partial charge in [-0.2, -0.15) is 0 Å². The number of aromatic nitrogens is 2. The predicted molar refractivity (Wildman–Crippen MR) is 104 cm³/mol. The molecule has 0 aromatic carbocycles. The minimum Gasteiger partial charge on any atom is -0.377 e. The molecule has 7 heteroatoms. The van der Waals surface area contributed by atoms with Crippen LogP contribution < -0.4 is 0 Å². The Balaban J connectivity index is 1.58. The first-order valence-electron chi connectivity index (χ1n) is 10.1. The van der Waals surface area contributed by atoms with Gasteiger partial charge in [0.25, 0.3) is 0 Å². The topological polar surface area (TPSA) is 61.8 Å². The third kappa shape index (κ3) is 4.76. The summed E-state index contributed by atoms with van der Waals surface area (Å²) in [6.45, 7) is 10.9. The van der Waals surface area contributed by atoms with Crippen LogP contribution in [0.25, 0.3) is 0 Å². The number of urea groups is 1. The Morgan fingerprint density at radius 3 is 2.59 bits per heavy atom. The van der Waals surface area contributed by atoms with Crippen LogP contribution in [0.2, 0.25) is 0 Å². The van der Waals surface area contributed by atoms with Crippen LogP contribution in [0.15, 0.2) is 12.4 Å². The highest BCUT2D eigenvalue weighted by atomic mass is 16.5. The van der Waals surface area contributed by atoms with Gasteiger partial charge in [-0.1, -0.05) is 0 Å². The van der Waals surface area contributed by atoms with Crippen molar-refractivity contribution in [3.63, 3.8) is 0 Å². The van der Waals surface area contributed by atoms with Gasteiger partial charge in [0.2, 0.25) is 0 Å². The highest BCUT2D eigenvalue weighted by Gasteiger charge is 2.43. The van der Waals surface area contributed by atoms with E-state index in [-0.39, 0.29) is 11.4 Å². The number of hydrogen-bond donors (Lipinski definition) is 0. The van der Waals surface area contributed by atoms with E-state index >= 15 is 0 Å². The zero-order chi connectivity index (χ0) is 19.3. The maximum atomic E-state index is 12.7. The van der Waals surface area contributed by atoms with Crippen molar-refractivity contribution < 1.29 is 9.53 Å². The first kappa shape index (κ1) is 20.0. The van der Waals surface area contributed by atoms with Gasteiger partial charge in [0, 0.05) is 69.8 Å². The Bertz CT molecular complexity index is 619. The first-order chi connectivity index (χ1) is 13.1. The molecule has 2 aliphatic rings. The van der Waals surface area contributed by atoms with E-state index in [0.717, 1.165) is 63.6 Å². The summed E-state index contributed by atoms with van der Waals surface area (Å²) in [5.41, 5.74) is 1.39. The second kappa shape index (κ2) is 8.97. The molecule has 0 unspecified atom stereocenters. The van der Waals surface area contributed by atoms with Crippen LogP contribution in [-0.4, -0.2) is 77.1 Å². The third-order valence-corrected chi connectivity index (χ3v) is 5.92. The SMILES string of the molecule is CCN(CC)C(=O)N1CC[C@]2(CCCN(Cc3cnc(COC)nc3)C2)C1. The summed E-state index contributed by atoms with van der Waals surface area (Å²) >= 11 is 0. The van der Waals surface area contributed by atoms with Crippen LogP contribution in [0.4, 0.5) is 4.79 Å². The summed E-state index contributed by atoms with van der Waals surface area (Å²) in [5, 5.41) is 0. The molecule has 0 bridgehead atoms. The molecule has 0 radical (unpaired) electrons. The van der Waals surface area contributed by atoms with Gasteiger partial charge in [-0.3, -0.25) is 4.90 Å². The fourth-order valence-electron chi connectivity index (χ4n) is 4.50. The lowest BCUT2D eigenvalue weighted by molar-refractivity contribution is 0.0867. The minimum atomic E-state index is 0.205. The summed E-state index contributed by atoms with van der Waals surface area (Å²) < 4.78 is 5.07. The quantitative estimate of drug-likeness (QED) is 0.764. The standard InChI is InChI=1S/C20H33N5O2/c1-4-24(5-2)19(26)25-10-8-20(16-25)7-6-9-23(15-20)13-17-11-21-18(14-27-3)22-12-17/h11-12H,4-10,13-16H2,1-3H3/t20-/m0/s1. The van der Waals surface area contributed by atoms with E-state index in [4.69, 9.17) is 4.74 Å². The predicted octanol–water partition coefficient (Wildman–Crippen LogP) is 2.37. The van der Waals surface area contributed by atoms with Gasteiger partial charge in [0.15, 0.2) is 5.82 Å². The van der Waals surface area contributed by atoms with E-state index in [1.54, 1.807) is 7.11 Å². The normalized spacial score (nSPS) is 23.1. The second-order valence-electron chi connectivity index (χ2n) is 7.88. The number of methoxy groups -OCH3 is 1. The molecule has 1 spiro atoms. The maximum absolute atomic E-state index is 12.7. The maximum Gasteiger partial charge on any atom is 0.319 e. The largest absolute Gasteiger partial charge is 0.377 e. The van der Waals surface area contributed by atoms with Gasteiger partial charge in [-0.25, -0.2) is 14.8 Å². The lowest BCUT2D eigenvalue weighted by Gasteiger charge is -2.40. The number of hydrogen-bond acceptors (Lipinski definition) is 5. The Hall–Kier alpha value is -1.73. The molecule has 1 aromatic rings. The number of carbonyl (C=O) groups excluding carboxylic acids is 1. The number of rotatable bonds is 6. The number of ether oxygens (including phenoxy) is 1. The summed E-state index contributed by atoms with van der Waals surface area (Å²) in [7, 11) is 1.65. The Labute approximate surface area is 162 Å². The van der Waals surface area contributed by atoms with Crippen molar-refractivity contribution in [2.75, 3.05) is 46.4 Å². The average Bonchev–Trinajstić information content (AvgIpc) is 3.07. The highest BCUT2D eigenvalue weighted by Crippen LogP contribution is 2.39. The zero-order valence-corrected chi connectivity index (χ0v) is 17.0. The van der Waals surface area contributed by atoms with Gasteiger partial charge in [-0.05, 0) is 39.7 Å². The number of nitrogens with zero attached hydrogens (tertiary/aromatic N) is 5. The van der Waals surface area contributed by atoms with Crippen LogP contribution in [-0.2, 0) is 17.9 Å². The molecule has 27 heavy (non-hydrogen) atoms. The number of amides is 2. The Morgan fingerprint density at radius 2 is 1.93 bits per heavy atom. The number of likely N-dealkylation sites (tertiary alicyclic amines) is 2. The summed E-state index contributed by atoms with van der Waals surface area (Å²) in [4.78, 5) is 28.0. The van der Waals surface area contributed by atoms with Crippen molar-refractivity contribution in [1.29, 1.82) is 0 Å². The lowest BCUT2D eigenvalue weighted by Crippen LogP contribution is -2.47. The molecule has 0 aliphatic carbocycles. The molecular formula is C20H33N5O2.